The normalized spacial score (nSPS) is 16.9. The van der Waals surface area contributed by atoms with Crippen molar-refractivity contribution in [2.75, 3.05) is 0 Å². The average molecular weight is 303 g/mol. The molecule has 2 aromatic rings. The lowest BCUT2D eigenvalue weighted by Crippen LogP contribution is -2.30. The minimum atomic E-state index is -1.15. The van der Waals surface area contributed by atoms with E-state index in [2.05, 4.69) is 5.32 Å². The Kier molecular flexibility index (Phi) is 3.66. The highest BCUT2D eigenvalue weighted by Crippen LogP contribution is 2.30. The highest BCUT2D eigenvalue weighted by molar-refractivity contribution is 5.95. The fourth-order valence-corrected chi connectivity index (χ4v) is 2.73. The van der Waals surface area contributed by atoms with E-state index in [1.165, 1.54) is 18.2 Å². The van der Waals surface area contributed by atoms with Crippen molar-refractivity contribution in [1.29, 1.82) is 0 Å². The second kappa shape index (κ2) is 5.63. The average Bonchev–Trinajstić information content (AvgIpc) is 2.97. The molecule has 2 N–H and O–H groups in total. The Morgan fingerprint density at radius 2 is 2.14 bits per heavy atom. The molecule has 1 aromatic heterocycles. The molecule has 0 saturated carbocycles. The van der Waals surface area contributed by atoms with E-state index in [4.69, 9.17) is 9.52 Å². The Morgan fingerprint density at radius 3 is 2.86 bits per heavy atom. The zero-order valence-electron chi connectivity index (χ0n) is 11.6. The first-order chi connectivity index (χ1) is 10.5. The molecule has 0 radical (unpaired) electrons. The van der Waals surface area contributed by atoms with Gasteiger partial charge in [0.15, 0.2) is 5.76 Å². The van der Waals surface area contributed by atoms with Crippen molar-refractivity contribution in [2.45, 2.75) is 25.3 Å². The Hall–Kier alpha value is -2.63. The number of benzene rings is 1. The monoisotopic (exact) mass is 303 g/mol. The van der Waals surface area contributed by atoms with Gasteiger partial charge in [-0.2, -0.15) is 0 Å². The van der Waals surface area contributed by atoms with Crippen LogP contribution < -0.4 is 5.32 Å². The molecule has 1 aliphatic rings. The van der Waals surface area contributed by atoms with Crippen LogP contribution >= 0.6 is 0 Å². The van der Waals surface area contributed by atoms with Crippen LogP contribution in [0.5, 0.6) is 0 Å². The van der Waals surface area contributed by atoms with Gasteiger partial charge in [-0.3, -0.25) is 4.79 Å². The summed E-state index contributed by atoms with van der Waals surface area (Å²) in [6.45, 7) is 0. The molecule has 1 amide bonds. The van der Waals surface area contributed by atoms with Gasteiger partial charge in [-0.1, -0.05) is 6.07 Å². The standard InChI is InChI=1S/C16H14FNO4/c17-11-4-5-12-9(6-11)2-1-3-13(12)18-15(19)14-7-10(8-22-14)16(20)21/h4-8,13H,1-3H2,(H,18,19)(H,20,21). The molecule has 0 fully saturated rings. The molecule has 0 bridgehead atoms. The van der Waals surface area contributed by atoms with Gasteiger partial charge in [-0.25, -0.2) is 9.18 Å². The van der Waals surface area contributed by atoms with Crippen molar-refractivity contribution < 1.29 is 23.5 Å². The molecular formula is C16H14FNO4. The van der Waals surface area contributed by atoms with E-state index in [1.807, 2.05) is 0 Å². The maximum atomic E-state index is 13.3. The van der Waals surface area contributed by atoms with E-state index < -0.39 is 11.9 Å². The number of nitrogens with one attached hydrogen (secondary N) is 1. The number of rotatable bonds is 3. The second-order valence-electron chi connectivity index (χ2n) is 5.27. The fourth-order valence-electron chi connectivity index (χ4n) is 2.73. The van der Waals surface area contributed by atoms with Crippen molar-refractivity contribution in [1.82, 2.24) is 5.32 Å². The number of furan rings is 1. The topological polar surface area (TPSA) is 79.5 Å². The summed E-state index contributed by atoms with van der Waals surface area (Å²) in [5.74, 6) is -1.97. The van der Waals surface area contributed by atoms with Gasteiger partial charge in [0, 0.05) is 6.07 Å². The van der Waals surface area contributed by atoms with E-state index in [1.54, 1.807) is 6.07 Å². The summed E-state index contributed by atoms with van der Waals surface area (Å²) in [6, 6.07) is 5.50. The van der Waals surface area contributed by atoms with Gasteiger partial charge in [-0.15, -0.1) is 0 Å². The molecule has 114 valence electrons. The van der Waals surface area contributed by atoms with Crippen LogP contribution in [0.15, 0.2) is 34.9 Å². The molecule has 1 unspecified atom stereocenters. The molecule has 1 aromatic carbocycles. The third-order valence-electron chi connectivity index (χ3n) is 3.79. The van der Waals surface area contributed by atoms with Crippen LogP contribution in [0.3, 0.4) is 0 Å². The number of carboxylic acids is 1. The van der Waals surface area contributed by atoms with Gasteiger partial charge < -0.3 is 14.8 Å². The summed E-state index contributed by atoms with van der Waals surface area (Å²) >= 11 is 0. The molecule has 5 nitrogen and oxygen atoms in total. The van der Waals surface area contributed by atoms with Crippen molar-refractivity contribution in [2.24, 2.45) is 0 Å². The number of carbonyl (C=O) groups excluding carboxylic acids is 1. The number of amides is 1. The van der Waals surface area contributed by atoms with Crippen LogP contribution in [-0.4, -0.2) is 17.0 Å². The van der Waals surface area contributed by atoms with Gasteiger partial charge in [0.1, 0.15) is 12.1 Å². The summed E-state index contributed by atoms with van der Waals surface area (Å²) in [5, 5.41) is 11.6. The molecule has 6 heteroatoms. The van der Waals surface area contributed by atoms with E-state index >= 15 is 0 Å². The number of aryl methyl sites for hydroxylation is 1. The third-order valence-corrected chi connectivity index (χ3v) is 3.79. The molecule has 1 aliphatic carbocycles. The van der Waals surface area contributed by atoms with Crippen LogP contribution in [0.2, 0.25) is 0 Å². The van der Waals surface area contributed by atoms with Gasteiger partial charge in [0.05, 0.1) is 11.6 Å². The van der Waals surface area contributed by atoms with Crippen molar-refractivity contribution in [3.63, 3.8) is 0 Å². The molecule has 0 aliphatic heterocycles. The van der Waals surface area contributed by atoms with Gasteiger partial charge in [0.25, 0.3) is 5.91 Å². The maximum absolute atomic E-state index is 13.3. The first-order valence-corrected chi connectivity index (χ1v) is 6.95. The van der Waals surface area contributed by atoms with E-state index in [0.717, 1.165) is 36.7 Å². The zero-order valence-corrected chi connectivity index (χ0v) is 11.6. The summed E-state index contributed by atoms with van der Waals surface area (Å²) in [4.78, 5) is 22.9. The minimum absolute atomic E-state index is 0.0494. The SMILES string of the molecule is O=C(O)c1coc(C(=O)NC2CCCc3cc(F)ccc32)c1. The number of carboxylic acid groups (broad SMARTS) is 1. The number of hydrogen-bond donors (Lipinski definition) is 2. The lowest BCUT2D eigenvalue weighted by Gasteiger charge is -2.26. The largest absolute Gasteiger partial charge is 0.478 e. The molecular weight excluding hydrogens is 289 g/mol. The van der Waals surface area contributed by atoms with Crippen molar-refractivity contribution in [3.05, 3.63) is 58.8 Å². The summed E-state index contributed by atoms with van der Waals surface area (Å²) < 4.78 is 18.3. The van der Waals surface area contributed by atoms with Crippen LogP contribution in [0, 0.1) is 5.82 Å². The zero-order chi connectivity index (χ0) is 15.7. The van der Waals surface area contributed by atoms with Crippen molar-refractivity contribution in [3.8, 4) is 0 Å². The third kappa shape index (κ3) is 2.72. The van der Waals surface area contributed by atoms with Gasteiger partial charge in [-0.05, 0) is 42.5 Å². The van der Waals surface area contributed by atoms with E-state index in [9.17, 15) is 14.0 Å². The van der Waals surface area contributed by atoms with Gasteiger partial charge >= 0.3 is 5.97 Å². The smallest absolute Gasteiger partial charge is 0.338 e. The Balaban J connectivity index is 1.79. The molecule has 3 rings (SSSR count). The predicted molar refractivity (Wildman–Crippen MR) is 75.2 cm³/mol. The molecule has 0 spiro atoms. The van der Waals surface area contributed by atoms with Crippen LogP contribution in [0.25, 0.3) is 0 Å². The quantitative estimate of drug-likeness (QED) is 0.913. The number of halogens is 1. The summed E-state index contributed by atoms with van der Waals surface area (Å²) in [5.41, 5.74) is 1.71. The Labute approximate surface area is 125 Å². The van der Waals surface area contributed by atoms with Gasteiger partial charge in [0.2, 0.25) is 0 Å². The second-order valence-corrected chi connectivity index (χ2v) is 5.27. The molecule has 22 heavy (non-hydrogen) atoms. The maximum Gasteiger partial charge on any atom is 0.338 e. The summed E-state index contributed by atoms with van der Waals surface area (Å²) in [6.07, 6.45) is 3.40. The van der Waals surface area contributed by atoms with E-state index in [0.29, 0.717) is 0 Å². The lowest BCUT2D eigenvalue weighted by molar-refractivity contribution is 0.0695. The number of aromatic carboxylic acids is 1. The Bertz CT molecular complexity index is 737. The van der Waals surface area contributed by atoms with Crippen molar-refractivity contribution >= 4 is 11.9 Å². The minimum Gasteiger partial charge on any atom is -0.478 e. The first-order valence-electron chi connectivity index (χ1n) is 6.95. The molecule has 1 atom stereocenters. The fraction of sp³-hybridized carbons (Fsp3) is 0.250. The van der Waals surface area contributed by atoms with Crippen LogP contribution in [0.4, 0.5) is 4.39 Å². The number of hydrogen-bond acceptors (Lipinski definition) is 3. The number of carbonyl (C=O) groups is 2. The number of fused-ring (bicyclic) bond motifs is 1. The van der Waals surface area contributed by atoms with E-state index in [-0.39, 0.29) is 23.2 Å². The predicted octanol–water partition coefficient (Wildman–Crippen LogP) is 2.92. The first kappa shape index (κ1) is 14.3. The highest BCUT2D eigenvalue weighted by atomic mass is 19.1. The van der Waals surface area contributed by atoms with Crippen LogP contribution in [0.1, 0.15) is 50.9 Å². The van der Waals surface area contributed by atoms with Crippen LogP contribution in [-0.2, 0) is 6.42 Å². The Morgan fingerprint density at radius 1 is 1.32 bits per heavy atom. The summed E-state index contributed by atoms with van der Waals surface area (Å²) in [7, 11) is 0. The molecule has 1 heterocycles. The lowest BCUT2D eigenvalue weighted by atomic mass is 9.87. The molecule has 0 saturated heterocycles. The highest BCUT2D eigenvalue weighted by Gasteiger charge is 2.24.